The topological polar surface area (TPSA) is 40.6 Å². The van der Waals surface area contributed by atoms with Crippen LogP contribution in [0.5, 0.6) is 0 Å². The Labute approximate surface area is 119 Å². The Hall–Kier alpha value is -1.68. The van der Waals surface area contributed by atoms with Crippen molar-refractivity contribution in [3.8, 4) is 0 Å². The van der Waals surface area contributed by atoms with E-state index in [0.717, 1.165) is 18.4 Å². The van der Waals surface area contributed by atoms with Crippen LogP contribution in [0.15, 0.2) is 30.3 Å². The molecule has 1 heterocycles. The zero-order valence-corrected chi connectivity index (χ0v) is 11.8. The monoisotopic (exact) mass is 272 g/mol. The molecule has 3 rings (SSSR count). The van der Waals surface area contributed by atoms with E-state index in [1.807, 2.05) is 35.2 Å². The lowest BCUT2D eigenvalue weighted by Crippen LogP contribution is -2.59. The first kappa shape index (κ1) is 13.3. The summed E-state index contributed by atoms with van der Waals surface area (Å²) in [5, 5.41) is 0. The van der Waals surface area contributed by atoms with E-state index in [-0.39, 0.29) is 17.9 Å². The van der Waals surface area contributed by atoms with Crippen LogP contribution in [-0.2, 0) is 16.1 Å². The summed E-state index contributed by atoms with van der Waals surface area (Å²) in [5.41, 5.74) is 1.14. The van der Waals surface area contributed by atoms with Crippen LogP contribution in [0, 0.1) is 5.92 Å². The first-order valence-corrected chi connectivity index (χ1v) is 7.24. The summed E-state index contributed by atoms with van der Waals surface area (Å²) in [4.78, 5) is 27.9. The zero-order chi connectivity index (χ0) is 14.1. The van der Waals surface area contributed by atoms with Crippen molar-refractivity contribution in [1.29, 1.82) is 0 Å². The Morgan fingerprint density at radius 1 is 1.05 bits per heavy atom. The molecule has 0 spiro atoms. The maximum absolute atomic E-state index is 12.2. The summed E-state index contributed by atoms with van der Waals surface area (Å²) in [5.74, 6) is 0.575. The maximum Gasteiger partial charge on any atom is 0.243 e. The highest BCUT2D eigenvalue weighted by Crippen LogP contribution is 2.32. The highest BCUT2D eigenvalue weighted by Gasteiger charge is 2.40. The van der Waals surface area contributed by atoms with Crippen LogP contribution < -0.4 is 0 Å². The van der Waals surface area contributed by atoms with Crippen molar-refractivity contribution in [3.63, 3.8) is 0 Å². The van der Waals surface area contributed by atoms with Gasteiger partial charge in [-0.15, -0.1) is 0 Å². The largest absolute Gasteiger partial charge is 0.281 e. The number of benzene rings is 1. The molecule has 0 N–H and O–H groups in total. The average Bonchev–Trinajstić information content (AvgIpc) is 2.37. The molecule has 4 nitrogen and oxygen atoms in total. The van der Waals surface area contributed by atoms with Crippen molar-refractivity contribution in [2.75, 3.05) is 13.1 Å². The van der Waals surface area contributed by atoms with Gasteiger partial charge < -0.3 is 0 Å². The molecular weight excluding hydrogens is 252 g/mol. The normalized spacial score (nSPS) is 27.6. The number of hydrogen-bond donors (Lipinski definition) is 0. The van der Waals surface area contributed by atoms with Gasteiger partial charge in [-0.25, -0.2) is 0 Å². The fraction of sp³-hybridized carbons (Fsp3) is 0.500. The van der Waals surface area contributed by atoms with Crippen LogP contribution in [0.1, 0.15) is 25.3 Å². The van der Waals surface area contributed by atoms with Gasteiger partial charge in [0, 0.05) is 12.6 Å². The Morgan fingerprint density at radius 3 is 2.20 bits per heavy atom. The number of imide groups is 1. The molecule has 1 aliphatic heterocycles. The minimum Gasteiger partial charge on any atom is -0.281 e. The van der Waals surface area contributed by atoms with E-state index in [4.69, 9.17) is 0 Å². The Kier molecular flexibility index (Phi) is 3.57. The summed E-state index contributed by atoms with van der Waals surface area (Å²) < 4.78 is 0. The van der Waals surface area contributed by atoms with E-state index in [2.05, 4.69) is 6.92 Å². The minimum atomic E-state index is -0.0333. The molecule has 106 valence electrons. The predicted octanol–water partition coefficient (Wildman–Crippen LogP) is 1.66. The van der Waals surface area contributed by atoms with E-state index in [9.17, 15) is 9.59 Å². The van der Waals surface area contributed by atoms with E-state index in [0.29, 0.717) is 25.6 Å². The highest BCUT2D eigenvalue weighted by atomic mass is 16.2. The maximum atomic E-state index is 12.2. The molecule has 1 saturated carbocycles. The summed E-state index contributed by atoms with van der Waals surface area (Å²) in [6.45, 7) is 3.53. The fourth-order valence-electron chi connectivity index (χ4n) is 3.16. The molecule has 1 aromatic carbocycles. The lowest BCUT2D eigenvalue weighted by Gasteiger charge is -2.43. The SMILES string of the molecule is CC1CC(N2C(=O)CN(Cc3ccccc3)CC2=O)C1. The van der Waals surface area contributed by atoms with Crippen molar-refractivity contribution in [2.45, 2.75) is 32.4 Å². The molecule has 0 unspecified atom stereocenters. The Bertz CT molecular complexity index is 490. The molecule has 2 amide bonds. The van der Waals surface area contributed by atoms with Crippen LogP contribution in [-0.4, -0.2) is 40.7 Å². The standard InChI is InChI=1S/C16H20N2O2/c1-12-7-14(8-12)18-15(19)10-17(11-16(18)20)9-13-5-3-2-4-6-13/h2-6,12,14H,7-11H2,1H3. The molecule has 0 radical (unpaired) electrons. The molecule has 4 heteroatoms. The first-order chi connectivity index (χ1) is 9.63. The Morgan fingerprint density at radius 2 is 1.65 bits per heavy atom. The average molecular weight is 272 g/mol. The van der Waals surface area contributed by atoms with Crippen molar-refractivity contribution >= 4 is 11.8 Å². The van der Waals surface area contributed by atoms with Gasteiger partial charge >= 0.3 is 0 Å². The van der Waals surface area contributed by atoms with Gasteiger partial charge in [0.15, 0.2) is 0 Å². The molecule has 1 aromatic rings. The molecule has 0 aromatic heterocycles. The van der Waals surface area contributed by atoms with E-state index >= 15 is 0 Å². The van der Waals surface area contributed by atoms with Crippen molar-refractivity contribution < 1.29 is 9.59 Å². The quantitative estimate of drug-likeness (QED) is 0.786. The van der Waals surface area contributed by atoms with Crippen LogP contribution in [0.2, 0.25) is 0 Å². The second-order valence-corrected chi connectivity index (χ2v) is 6.02. The number of nitrogens with zero attached hydrogens (tertiary/aromatic N) is 2. The van der Waals surface area contributed by atoms with Gasteiger partial charge in [0.1, 0.15) is 0 Å². The van der Waals surface area contributed by atoms with Gasteiger partial charge in [-0.3, -0.25) is 19.4 Å². The van der Waals surface area contributed by atoms with Crippen LogP contribution in [0.4, 0.5) is 0 Å². The van der Waals surface area contributed by atoms with Crippen molar-refractivity contribution in [2.24, 2.45) is 5.92 Å². The molecule has 2 fully saturated rings. The van der Waals surface area contributed by atoms with Crippen molar-refractivity contribution in [1.82, 2.24) is 9.80 Å². The van der Waals surface area contributed by atoms with E-state index in [1.54, 1.807) is 0 Å². The van der Waals surface area contributed by atoms with Gasteiger partial charge in [-0.2, -0.15) is 0 Å². The van der Waals surface area contributed by atoms with Gasteiger partial charge in [0.25, 0.3) is 0 Å². The van der Waals surface area contributed by atoms with Crippen molar-refractivity contribution in [3.05, 3.63) is 35.9 Å². The summed E-state index contributed by atoms with van der Waals surface area (Å²) in [6.07, 6.45) is 1.94. The van der Waals surface area contributed by atoms with Crippen LogP contribution in [0.25, 0.3) is 0 Å². The van der Waals surface area contributed by atoms with Gasteiger partial charge in [-0.05, 0) is 24.3 Å². The second-order valence-electron chi connectivity index (χ2n) is 6.02. The number of amides is 2. The van der Waals surface area contributed by atoms with Gasteiger partial charge in [-0.1, -0.05) is 37.3 Å². The number of carbonyl (C=O) groups excluding carboxylic acids is 2. The summed E-state index contributed by atoms with van der Waals surface area (Å²) >= 11 is 0. The smallest absolute Gasteiger partial charge is 0.243 e. The van der Waals surface area contributed by atoms with E-state index < -0.39 is 0 Å². The zero-order valence-electron chi connectivity index (χ0n) is 11.8. The minimum absolute atomic E-state index is 0.0333. The second kappa shape index (κ2) is 5.37. The molecule has 2 aliphatic rings. The highest BCUT2D eigenvalue weighted by molar-refractivity contribution is 5.99. The molecule has 1 aliphatic carbocycles. The molecule has 0 atom stereocenters. The van der Waals surface area contributed by atoms with Gasteiger partial charge in [0.2, 0.25) is 11.8 Å². The Balaban J connectivity index is 1.62. The molecular formula is C16H20N2O2. The number of carbonyl (C=O) groups is 2. The lowest BCUT2D eigenvalue weighted by atomic mass is 9.80. The fourth-order valence-corrected chi connectivity index (χ4v) is 3.16. The summed E-state index contributed by atoms with van der Waals surface area (Å²) in [7, 11) is 0. The number of piperazine rings is 1. The molecule has 0 bridgehead atoms. The summed E-state index contributed by atoms with van der Waals surface area (Å²) in [6, 6.07) is 10.1. The third kappa shape index (κ3) is 2.61. The van der Waals surface area contributed by atoms with E-state index in [1.165, 1.54) is 4.90 Å². The third-order valence-electron chi connectivity index (χ3n) is 4.22. The van der Waals surface area contributed by atoms with Crippen LogP contribution >= 0.6 is 0 Å². The predicted molar refractivity (Wildman–Crippen MR) is 75.8 cm³/mol. The lowest BCUT2D eigenvalue weighted by molar-refractivity contribution is -0.157. The first-order valence-electron chi connectivity index (χ1n) is 7.24. The third-order valence-corrected chi connectivity index (χ3v) is 4.22. The van der Waals surface area contributed by atoms with Crippen LogP contribution in [0.3, 0.4) is 0 Å². The number of rotatable bonds is 3. The molecule has 1 saturated heterocycles. The molecule has 20 heavy (non-hydrogen) atoms. The van der Waals surface area contributed by atoms with Gasteiger partial charge in [0.05, 0.1) is 13.1 Å². The number of hydrogen-bond acceptors (Lipinski definition) is 3.